The van der Waals surface area contributed by atoms with Gasteiger partial charge in [-0.2, -0.15) is 0 Å². The Balaban J connectivity index is 2.03. The summed E-state index contributed by atoms with van der Waals surface area (Å²) in [6.07, 6.45) is 6.13. The Morgan fingerprint density at radius 3 is 2.57 bits per heavy atom. The Labute approximate surface area is 163 Å². The lowest BCUT2D eigenvalue weighted by atomic mass is 10.1. The molecule has 0 unspecified atom stereocenters. The summed E-state index contributed by atoms with van der Waals surface area (Å²) >= 11 is 0. The smallest absolute Gasteiger partial charge is 0.407 e. The highest BCUT2D eigenvalue weighted by molar-refractivity contribution is 5.76. The summed E-state index contributed by atoms with van der Waals surface area (Å²) in [7, 11) is 0. The minimum Gasteiger partial charge on any atom is -0.485 e. The molecule has 0 saturated heterocycles. The van der Waals surface area contributed by atoms with Gasteiger partial charge in [-0.15, -0.1) is 0 Å². The second-order valence-corrected chi connectivity index (χ2v) is 6.84. The molecule has 1 aromatic carbocycles. The van der Waals surface area contributed by atoms with Gasteiger partial charge in [0.15, 0.2) is 5.75 Å². The number of carbonyl (C=O) groups is 1. The summed E-state index contributed by atoms with van der Waals surface area (Å²) in [5.41, 5.74) is 0.556. The van der Waals surface area contributed by atoms with E-state index in [2.05, 4.69) is 10.3 Å². The van der Waals surface area contributed by atoms with Crippen LogP contribution >= 0.6 is 0 Å². The second kappa shape index (κ2) is 9.50. The normalized spacial score (nSPS) is 11.2. The number of benzene rings is 1. The fourth-order valence-corrected chi connectivity index (χ4v) is 2.27. The van der Waals surface area contributed by atoms with Crippen molar-refractivity contribution in [3.63, 3.8) is 0 Å². The van der Waals surface area contributed by atoms with Gasteiger partial charge >= 0.3 is 11.8 Å². The largest absolute Gasteiger partial charge is 0.485 e. The van der Waals surface area contributed by atoms with Crippen molar-refractivity contribution in [3.8, 4) is 5.75 Å². The molecule has 1 amide bonds. The predicted octanol–water partition coefficient (Wildman–Crippen LogP) is 4.06. The van der Waals surface area contributed by atoms with Crippen LogP contribution in [0.2, 0.25) is 0 Å². The van der Waals surface area contributed by atoms with Crippen LogP contribution in [0.15, 0.2) is 42.7 Å². The Morgan fingerprint density at radius 1 is 1.21 bits per heavy atom. The van der Waals surface area contributed by atoms with Crippen molar-refractivity contribution >= 4 is 23.9 Å². The molecule has 8 nitrogen and oxygen atoms in total. The van der Waals surface area contributed by atoms with Gasteiger partial charge in [-0.1, -0.05) is 12.1 Å². The van der Waals surface area contributed by atoms with Crippen molar-refractivity contribution in [1.29, 1.82) is 0 Å². The number of hydrogen-bond donors (Lipinski definition) is 1. The van der Waals surface area contributed by atoms with Gasteiger partial charge in [-0.3, -0.25) is 15.1 Å². The Hall–Kier alpha value is -3.42. The summed E-state index contributed by atoms with van der Waals surface area (Å²) in [6, 6.07) is 8.43. The first-order chi connectivity index (χ1) is 13.3. The number of alkyl carbamates (subject to hydrolysis) is 1. The number of ether oxygens (including phenoxy) is 2. The minimum atomic E-state index is -0.598. The van der Waals surface area contributed by atoms with Gasteiger partial charge in [0.05, 0.1) is 17.0 Å². The fraction of sp³-hybridized carbons (Fsp3) is 0.300. The van der Waals surface area contributed by atoms with E-state index in [1.165, 1.54) is 6.07 Å². The molecule has 2 rings (SSSR count). The van der Waals surface area contributed by atoms with E-state index in [0.717, 1.165) is 5.56 Å². The first kappa shape index (κ1) is 20.9. The third kappa shape index (κ3) is 6.71. The molecule has 0 fully saturated rings. The molecule has 28 heavy (non-hydrogen) atoms. The van der Waals surface area contributed by atoms with Crippen LogP contribution in [-0.2, 0) is 4.74 Å². The number of pyridine rings is 1. The lowest BCUT2D eigenvalue weighted by molar-refractivity contribution is -0.386. The van der Waals surface area contributed by atoms with E-state index >= 15 is 0 Å². The molecule has 0 aliphatic heterocycles. The number of aromatic nitrogens is 1. The summed E-state index contributed by atoms with van der Waals surface area (Å²) in [6.45, 7) is 5.51. The average Bonchev–Trinajstić information content (AvgIpc) is 2.62. The molecule has 1 aromatic heterocycles. The van der Waals surface area contributed by atoms with Crippen LogP contribution in [0.1, 0.15) is 31.9 Å². The van der Waals surface area contributed by atoms with Crippen molar-refractivity contribution in [1.82, 2.24) is 10.3 Å². The molecule has 1 N–H and O–H groups in total. The molecular weight excluding hydrogens is 362 g/mol. The zero-order chi connectivity index (χ0) is 20.6. The highest BCUT2D eigenvalue weighted by Gasteiger charge is 2.20. The molecule has 0 aliphatic rings. The maximum absolute atomic E-state index is 11.6. The molecule has 0 bridgehead atoms. The summed E-state index contributed by atoms with van der Waals surface area (Å²) in [5, 5.41) is 14.1. The number of nitro benzene ring substituents is 1. The van der Waals surface area contributed by atoms with Crippen molar-refractivity contribution in [3.05, 3.63) is 64.0 Å². The molecule has 0 atom stereocenters. The Kier molecular flexibility index (Phi) is 7.08. The molecule has 8 heteroatoms. The first-order valence-corrected chi connectivity index (χ1v) is 8.71. The van der Waals surface area contributed by atoms with E-state index in [9.17, 15) is 14.9 Å². The van der Waals surface area contributed by atoms with E-state index in [1.807, 2.05) is 0 Å². The van der Waals surface area contributed by atoms with Crippen molar-refractivity contribution in [2.45, 2.75) is 26.4 Å². The topological polar surface area (TPSA) is 104 Å². The standard InChI is InChI=1S/C20H23N3O5/c1-20(2,3)28-19(24)22-13-14-27-17-6-4-5-16(18(17)23(25)26)8-7-15-9-11-21-12-10-15/h4-12H,13-14H2,1-3H3,(H,22,24). The van der Waals surface area contributed by atoms with Crippen LogP contribution in [0.4, 0.5) is 10.5 Å². The van der Waals surface area contributed by atoms with Gasteiger partial charge in [-0.05, 0) is 56.7 Å². The van der Waals surface area contributed by atoms with E-state index in [-0.39, 0.29) is 24.6 Å². The van der Waals surface area contributed by atoms with Crippen LogP contribution in [0, 0.1) is 10.1 Å². The number of amides is 1. The Morgan fingerprint density at radius 2 is 1.93 bits per heavy atom. The highest BCUT2D eigenvalue weighted by Crippen LogP contribution is 2.32. The van der Waals surface area contributed by atoms with E-state index in [0.29, 0.717) is 5.56 Å². The van der Waals surface area contributed by atoms with Gasteiger partial charge in [0.1, 0.15) is 12.2 Å². The predicted molar refractivity (Wildman–Crippen MR) is 106 cm³/mol. The van der Waals surface area contributed by atoms with Crippen LogP contribution in [-0.4, -0.2) is 34.8 Å². The molecule has 0 spiro atoms. The minimum absolute atomic E-state index is 0.0671. The lowest BCUT2D eigenvalue weighted by Crippen LogP contribution is -2.34. The summed E-state index contributed by atoms with van der Waals surface area (Å²) < 4.78 is 10.6. The molecule has 2 aromatic rings. The third-order valence-corrected chi connectivity index (χ3v) is 3.40. The lowest BCUT2D eigenvalue weighted by Gasteiger charge is -2.19. The molecule has 0 saturated carbocycles. The summed E-state index contributed by atoms with van der Waals surface area (Å²) in [5.74, 6) is 0.132. The van der Waals surface area contributed by atoms with E-state index < -0.39 is 16.6 Å². The van der Waals surface area contributed by atoms with Gasteiger partial charge in [0.2, 0.25) is 0 Å². The zero-order valence-corrected chi connectivity index (χ0v) is 16.0. The number of nitrogens with one attached hydrogen (secondary N) is 1. The maximum Gasteiger partial charge on any atom is 0.407 e. The number of hydrogen-bond acceptors (Lipinski definition) is 6. The van der Waals surface area contributed by atoms with Crippen LogP contribution in [0.25, 0.3) is 12.2 Å². The zero-order valence-electron chi connectivity index (χ0n) is 16.0. The number of nitrogens with zero attached hydrogens (tertiary/aromatic N) is 2. The molecular formula is C20H23N3O5. The second-order valence-electron chi connectivity index (χ2n) is 6.84. The van der Waals surface area contributed by atoms with Gasteiger partial charge in [0, 0.05) is 12.4 Å². The molecule has 148 valence electrons. The van der Waals surface area contributed by atoms with E-state index in [1.54, 1.807) is 69.6 Å². The SMILES string of the molecule is CC(C)(C)OC(=O)NCCOc1cccc(C=Cc2ccncc2)c1[N+](=O)[O-]. The number of carbonyl (C=O) groups excluding carboxylic acids is 1. The Bertz CT molecular complexity index is 845. The van der Waals surface area contributed by atoms with Gasteiger partial charge < -0.3 is 14.8 Å². The summed E-state index contributed by atoms with van der Waals surface area (Å²) in [4.78, 5) is 26.6. The van der Waals surface area contributed by atoms with Crippen LogP contribution in [0.5, 0.6) is 5.75 Å². The maximum atomic E-state index is 11.6. The van der Waals surface area contributed by atoms with Crippen molar-refractivity contribution in [2.75, 3.05) is 13.2 Å². The molecule has 0 aliphatic carbocycles. The van der Waals surface area contributed by atoms with Crippen LogP contribution in [0.3, 0.4) is 0 Å². The quantitative estimate of drug-likeness (QED) is 0.438. The third-order valence-electron chi connectivity index (χ3n) is 3.40. The van der Waals surface area contributed by atoms with Crippen molar-refractivity contribution < 1.29 is 19.2 Å². The van der Waals surface area contributed by atoms with Gasteiger partial charge in [0.25, 0.3) is 0 Å². The average molecular weight is 385 g/mol. The number of rotatable bonds is 7. The van der Waals surface area contributed by atoms with Crippen molar-refractivity contribution in [2.24, 2.45) is 0 Å². The monoisotopic (exact) mass is 385 g/mol. The number of para-hydroxylation sites is 1. The first-order valence-electron chi connectivity index (χ1n) is 8.71. The highest BCUT2D eigenvalue weighted by atomic mass is 16.6. The van der Waals surface area contributed by atoms with Gasteiger partial charge in [-0.25, -0.2) is 4.79 Å². The number of nitro groups is 1. The van der Waals surface area contributed by atoms with Crippen LogP contribution < -0.4 is 10.1 Å². The fourth-order valence-electron chi connectivity index (χ4n) is 2.27. The molecule has 1 heterocycles. The van der Waals surface area contributed by atoms with E-state index in [4.69, 9.17) is 9.47 Å². The molecule has 0 radical (unpaired) electrons.